The van der Waals surface area contributed by atoms with Crippen LogP contribution in [-0.2, 0) is 0 Å². The number of likely N-dealkylation sites (tertiary alicyclic amines) is 1. The van der Waals surface area contributed by atoms with E-state index in [2.05, 4.69) is 31.7 Å². The van der Waals surface area contributed by atoms with E-state index in [1.54, 1.807) is 0 Å². The second-order valence-corrected chi connectivity index (χ2v) is 6.27. The fourth-order valence-corrected chi connectivity index (χ4v) is 2.80. The van der Waals surface area contributed by atoms with Crippen LogP contribution in [0.5, 0.6) is 5.75 Å². The van der Waals surface area contributed by atoms with Gasteiger partial charge in [-0.15, -0.1) is 0 Å². The predicted molar refractivity (Wildman–Crippen MR) is 82.3 cm³/mol. The van der Waals surface area contributed by atoms with Crippen LogP contribution in [-0.4, -0.2) is 42.4 Å². The maximum absolute atomic E-state index is 10.1. The summed E-state index contributed by atoms with van der Waals surface area (Å²) in [4.78, 5) is 2.34. The first-order valence-corrected chi connectivity index (χ1v) is 7.64. The second-order valence-electron chi connectivity index (χ2n) is 6.27. The van der Waals surface area contributed by atoms with Crippen LogP contribution in [0.4, 0.5) is 0 Å². The number of aryl methyl sites for hydroxylation is 2. The fourth-order valence-electron chi connectivity index (χ4n) is 2.80. The number of benzene rings is 1. The van der Waals surface area contributed by atoms with E-state index in [1.165, 1.54) is 24.0 Å². The maximum atomic E-state index is 10.1. The number of β-amino-alcohol motifs (C(OH)–C–C–N with tert-alkyl or cyclic N) is 1. The summed E-state index contributed by atoms with van der Waals surface area (Å²) in [6, 6.07) is 6.16. The summed E-state index contributed by atoms with van der Waals surface area (Å²) >= 11 is 0. The predicted octanol–water partition coefficient (Wildman–Crippen LogP) is 2.78. The van der Waals surface area contributed by atoms with Gasteiger partial charge in [-0.3, -0.25) is 0 Å². The average Bonchev–Trinajstić information content (AvgIpc) is 2.38. The van der Waals surface area contributed by atoms with Crippen molar-refractivity contribution in [2.24, 2.45) is 5.92 Å². The van der Waals surface area contributed by atoms with Crippen LogP contribution < -0.4 is 4.74 Å². The topological polar surface area (TPSA) is 32.7 Å². The van der Waals surface area contributed by atoms with Crippen molar-refractivity contribution in [3.63, 3.8) is 0 Å². The molecule has 3 heteroatoms. The normalized spacial score (nSPS) is 19.0. The molecule has 1 fully saturated rings. The van der Waals surface area contributed by atoms with Crippen LogP contribution in [0.1, 0.15) is 30.9 Å². The Kier molecular flexibility index (Phi) is 5.44. The van der Waals surface area contributed by atoms with Gasteiger partial charge in [-0.2, -0.15) is 0 Å². The molecule has 0 spiro atoms. The first-order chi connectivity index (χ1) is 9.52. The number of hydrogen-bond donors (Lipinski definition) is 1. The van der Waals surface area contributed by atoms with Gasteiger partial charge >= 0.3 is 0 Å². The van der Waals surface area contributed by atoms with Gasteiger partial charge in [-0.1, -0.05) is 13.0 Å². The van der Waals surface area contributed by atoms with E-state index in [4.69, 9.17) is 4.74 Å². The molecule has 1 N–H and O–H groups in total. The summed E-state index contributed by atoms with van der Waals surface area (Å²) in [5.74, 6) is 1.68. The number of ether oxygens (including phenoxy) is 1. The molecule has 0 aliphatic carbocycles. The molecule has 112 valence electrons. The quantitative estimate of drug-likeness (QED) is 0.898. The number of nitrogens with zero attached hydrogens (tertiary/aromatic N) is 1. The van der Waals surface area contributed by atoms with Crippen molar-refractivity contribution in [1.82, 2.24) is 4.90 Å². The van der Waals surface area contributed by atoms with Gasteiger partial charge in [0, 0.05) is 6.54 Å². The highest BCUT2D eigenvalue weighted by molar-refractivity contribution is 5.32. The molecule has 3 nitrogen and oxygen atoms in total. The molecule has 0 saturated carbocycles. The number of aliphatic hydroxyl groups excluding tert-OH is 1. The zero-order valence-electron chi connectivity index (χ0n) is 12.9. The molecule has 0 bridgehead atoms. The summed E-state index contributed by atoms with van der Waals surface area (Å²) in [6.45, 7) is 9.71. The van der Waals surface area contributed by atoms with Gasteiger partial charge in [-0.25, -0.2) is 0 Å². The van der Waals surface area contributed by atoms with E-state index in [1.807, 2.05) is 12.1 Å². The number of piperidine rings is 1. The van der Waals surface area contributed by atoms with Gasteiger partial charge in [0.25, 0.3) is 0 Å². The molecule has 1 aromatic rings. The van der Waals surface area contributed by atoms with E-state index in [0.717, 1.165) is 31.3 Å². The maximum Gasteiger partial charge on any atom is 0.119 e. The van der Waals surface area contributed by atoms with Gasteiger partial charge in [0.1, 0.15) is 18.5 Å². The van der Waals surface area contributed by atoms with Crippen LogP contribution in [0.15, 0.2) is 18.2 Å². The van der Waals surface area contributed by atoms with Crippen LogP contribution in [0.2, 0.25) is 0 Å². The summed E-state index contributed by atoms with van der Waals surface area (Å²) < 4.78 is 5.72. The Morgan fingerprint density at radius 2 is 1.80 bits per heavy atom. The Balaban J connectivity index is 1.75. The standard InChI is InChI=1S/C17H27NO2/c1-13-4-6-18(7-5-13)11-16(19)12-20-17-9-14(2)8-15(3)10-17/h8-10,13,16,19H,4-7,11-12H2,1-3H3. The van der Waals surface area contributed by atoms with Crippen molar-refractivity contribution >= 4 is 0 Å². The minimum absolute atomic E-state index is 0.370. The average molecular weight is 277 g/mol. The highest BCUT2D eigenvalue weighted by atomic mass is 16.5. The lowest BCUT2D eigenvalue weighted by Crippen LogP contribution is -2.40. The van der Waals surface area contributed by atoms with Crippen LogP contribution in [0, 0.1) is 19.8 Å². The van der Waals surface area contributed by atoms with Crippen molar-refractivity contribution in [2.45, 2.75) is 39.7 Å². The molecule has 2 rings (SSSR count). The summed E-state index contributed by atoms with van der Waals surface area (Å²) in [6.07, 6.45) is 2.07. The second kappa shape index (κ2) is 7.09. The van der Waals surface area contributed by atoms with Gasteiger partial charge in [0.15, 0.2) is 0 Å². The van der Waals surface area contributed by atoms with Gasteiger partial charge in [-0.05, 0) is 69.0 Å². The molecule has 1 aliphatic heterocycles. The smallest absolute Gasteiger partial charge is 0.119 e. The van der Waals surface area contributed by atoms with Crippen molar-refractivity contribution in [1.29, 1.82) is 0 Å². The zero-order valence-corrected chi connectivity index (χ0v) is 12.9. The van der Waals surface area contributed by atoms with E-state index >= 15 is 0 Å². The molecule has 1 aromatic carbocycles. The van der Waals surface area contributed by atoms with Crippen molar-refractivity contribution < 1.29 is 9.84 Å². The van der Waals surface area contributed by atoms with Crippen molar-refractivity contribution in [3.05, 3.63) is 29.3 Å². The number of aliphatic hydroxyl groups is 1. The Hall–Kier alpha value is -1.06. The lowest BCUT2D eigenvalue weighted by molar-refractivity contribution is 0.0562. The van der Waals surface area contributed by atoms with E-state index in [9.17, 15) is 5.11 Å². The first-order valence-electron chi connectivity index (χ1n) is 7.64. The number of hydrogen-bond acceptors (Lipinski definition) is 3. The van der Waals surface area contributed by atoms with E-state index in [0.29, 0.717) is 6.61 Å². The Labute approximate surface area is 122 Å². The Bertz CT molecular complexity index is 405. The van der Waals surface area contributed by atoms with Gasteiger partial charge in [0.05, 0.1) is 0 Å². The molecular formula is C17H27NO2. The molecule has 0 radical (unpaired) electrons. The summed E-state index contributed by atoms with van der Waals surface area (Å²) in [5.41, 5.74) is 2.39. The van der Waals surface area contributed by atoms with Crippen LogP contribution >= 0.6 is 0 Å². The number of rotatable bonds is 5. The molecule has 0 aromatic heterocycles. The van der Waals surface area contributed by atoms with Crippen LogP contribution in [0.25, 0.3) is 0 Å². The zero-order chi connectivity index (χ0) is 14.5. The molecule has 1 unspecified atom stereocenters. The molecule has 0 amide bonds. The monoisotopic (exact) mass is 277 g/mol. The SMILES string of the molecule is Cc1cc(C)cc(OCC(O)CN2CCC(C)CC2)c1. The minimum Gasteiger partial charge on any atom is -0.491 e. The molecule has 20 heavy (non-hydrogen) atoms. The largest absolute Gasteiger partial charge is 0.491 e. The molecule has 1 aliphatic rings. The van der Waals surface area contributed by atoms with E-state index in [-0.39, 0.29) is 0 Å². The van der Waals surface area contributed by atoms with Crippen molar-refractivity contribution in [2.75, 3.05) is 26.2 Å². The third kappa shape index (κ3) is 4.80. The first kappa shape index (κ1) is 15.3. The lowest BCUT2D eigenvalue weighted by atomic mass is 9.99. The fraction of sp³-hybridized carbons (Fsp3) is 0.647. The summed E-state index contributed by atoms with van der Waals surface area (Å²) in [5, 5.41) is 10.1. The van der Waals surface area contributed by atoms with Crippen molar-refractivity contribution in [3.8, 4) is 5.75 Å². The van der Waals surface area contributed by atoms with E-state index < -0.39 is 6.10 Å². The molecular weight excluding hydrogens is 250 g/mol. The third-order valence-corrected chi connectivity index (χ3v) is 3.98. The Morgan fingerprint density at radius 1 is 1.20 bits per heavy atom. The lowest BCUT2D eigenvalue weighted by Gasteiger charge is -2.31. The summed E-state index contributed by atoms with van der Waals surface area (Å²) in [7, 11) is 0. The molecule has 1 atom stereocenters. The third-order valence-electron chi connectivity index (χ3n) is 3.98. The molecule has 1 saturated heterocycles. The van der Waals surface area contributed by atoms with Gasteiger partial charge in [0.2, 0.25) is 0 Å². The minimum atomic E-state index is -0.413. The highest BCUT2D eigenvalue weighted by Crippen LogP contribution is 2.18. The highest BCUT2D eigenvalue weighted by Gasteiger charge is 2.18. The molecule has 1 heterocycles. The van der Waals surface area contributed by atoms with Crippen LogP contribution in [0.3, 0.4) is 0 Å². The van der Waals surface area contributed by atoms with Gasteiger partial charge < -0.3 is 14.7 Å². The Morgan fingerprint density at radius 3 is 2.40 bits per heavy atom.